The van der Waals surface area contributed by atoms with E-state index in [0.717, 1.165) is 47.1 Å². The minimum absolute atomic E-state index is 0.00245. The number of nitrogens with one attached hydrogen (secondary N) is 1. The summed E-state index contributed by atoms with van der Waals surface area (Å²) < 4.78 is 27.8. The Morgan fingerprint density at radius 3 is 2.33 bits per heavy atom. The third-order valence-electron chi connectivity index (χ3n) is 4.63. The fraction of sp³-hybridized carbons (Fsp3) is 0.250. The molecule has 1 N–H and O–H groups in total. The zero-order valence-corrected chi connectivity index (χ0v) is 18.5. The summed E-state index contributed by atoms with van der Waals surface area (Å²) in [4.78, 5) is 14.3. The molecule has 10 heteroatoms. The molecule has 2 heterocycles. The molecule has 4 rings (SSSR count). The lowest BCUT2D eigenvalue weighted by atomic mass is 10.1. The second-order valence-corrected chi connectivity index (χ2v) is 10.6. The number of aromatic nitrogens is 2. The van der Waals surface area contributed by atoms with Gasteiger partial charge in [0.2, 0.25) is 11.0 Å². The van der Waals surface area contributed by atoms with E-state index in [0.29, 0.717) is 5.01 Å². The summed E-state index contributed by atoms with van der Waals surface area (Å²) in [6.07, 6.45) is 0.135. The van der Waals surface area contributed by atoms with Gasteiger partial charge in [-0.05, 0) is 23.3 Å². The molecule has 2 aromatic carbocycles. The van der Waals surface area contributed by atoms with Crippen molar-refractivity contribution in [2.24, 2.45) is 0 Å². The fourth-order valence-corrected chi connectivity index (χ4v) is 5.92. The summed E-state index contributed by atoms with van der Waals surface area (Å²) in [7, 11) is -3.79. The maximum absolute atomic E-state index is 12.7. The topological polar surface area (TPSA) is 92.3 Å². The molecule has 1 aliphatic heterocycles. The summed E-state index contributed by atoms with van der Waals surface area (Å²) in [5.41, 5.74) is 1.95. The molecular formula is C20H20N4O3S3. The van der Waals surface area contributed by atoms with Crippen molar-refractivity contribution in [1.82, 2.24) is 15.1 Å². The number of nitrogens with zero attached hydrogens (tertiary/aromatic N) is 3. The van der Waals surface area contributed by atoms with Crippen LogP contribution in [0.2, 0.25) is 0 Å². The number of rotatable bonds is 6. The summed E-state index contributed by atoms with van der Waals surface area (Å²) in [5.74, 6) is 1.88. The van der Waals surface area contributed by atoms with Crippen LogP contribution in [0.5, 0.6) is 0 Å². The third kappa shape index (κ3) is 5.00. The first kappa shape index (κ1) is 20.8. The molecule has 156 valence electrons. The highest BCUT2D eigenvalue weighted by molar-refractivity contribution is 7.99. The van der Waals surface area contributed by atoms with Crippen molar-refractivity contribution in [3.8, 4) is 11.1 Å². The van der Waals surface area contributed by atoms with Gasteiger partial charge in [-0.1, -0.05) is 53.8 Å². The van der Waals surface area contributed by atoms with Crippen LogP contribution in [-0.2, 0) is 21.2 Å². The number of amides is 1. The molecule has 0 atom stereocenters. The molecular weight excluding hydrogens is 440 g/mol. The molecule has 30 heavy (non-hydrogen) atoms. The maximum atomic E-state index is 12.7. The minimum Gasteiger partial charge on any atom is -0.341 e. The Morgan fingerprint density at radius 1 is 0.967 bits per heavy atom. The molecule has 1 amide bonds. The van der Waals surface area contributed by atoms with E-state index in [4.69, 9.17) is 0 Å². The molecule has 0 saturated carbocycles. The average Bonchev–Trinajstić information content (AvgIpc) is 3.21. The minimum atomic E-state index is -3.79. The van der Waals surface area contributed by atoms with E-state index in [1.165, 1.54) is 0 Å². The van der Waals surface area contributed by atoms with E-state index in [1.54, 1.807) is 24.3 Å². The van der Waals surface area contributed by atoms with Gasteiger partial charge >= 0.3 is 0 Å². The van der Waals surface area contributed by atoms with E-state index < -0.39 is 10.0 Å². The molecule has 0 bridgehead atoms. The van der Waals surface area contributed by atoms with Crippen LogP contribution in [0.3, 0.4) is 0 Å². The summed E-state index contributed by atoms with van der Waals surface area (Å²) in [5, 5.41) is 8.51. The van der Waals surface area contributed by atoms with Crippen molar-refractivity contribution < 1.29 is 13.2 Å². The number of sulfonamides is 1. The van der Waals surface area contributed by atoms with Crippen LogP contribution in [0.1, 0.15) is 5.01 Å². The monoisotopic (exact) mass is 460 g/mol. The normalized spacial score (nSPS) is 14.5. The quantitative estimate of drug-likeness (QED) is 0.608. The first-order valence-electron chi connectivity index (χ1n) is 9.37. The van der Waals surface area contributed by atoms with Gasteiger partial charge in [0.15, 0.2) is 0 Å². The predicted molar refractivity (Wildman–Crippen MR) is 120 cm³/mol. The van der Waals surface area contributed by atoms with Crippen molar-refractivity contribution in [2.75, 3.05) is 29.3 Å². The molecule has 0 radical (unpaired) electrons. The van der Waals surface area contributed by atoms with Gasteiger partial charge in [-0.25, -0.2) is 8.42 Å². The Kier molecular flexibility index (Phi) is 6.35. The first-order chi connectivity index (χ1) is 14.5. The van der Waals surface area contributed by atoms with Gasteiger partial charge in [-0.15, -0.1) is 10.2 Å². The number of carbonyl (C=O) groups excluding carboxylic acids is 1. The van der Waals surface area contributed by atoms with Crippen molar-refractivity contribution in [3.05, 3.63) is 59.6 Å². The van der Waals surface area contributed by atoms with Crippen molar-refractivity contribution >= 4 is 44.2 Å². The first-order valence-corrected chi connectivity index (χ1v) is 12.8. The van der Waals surface area contributed by atoms with Gasteiger partial charge in [0.1, 0.15) is 5.01 Å². The lowest BCUT2D eigenvalue weighted by Crippen LogP contribution is -2.38. The molecule has 3 aromatic rings. The standard InChI is InChI=1S/C20H20N4O3S3/c25-19(24-10-12-28-13-11-24)14-18-21-22-20(29-18)23-30(26,27)17-8-6-16(7-9-17)15-4-2-1-3-5-15/h1-9H,10-14H2,(H,22,23). The maximum Gasteiger partial charge on any atom is 0.263 e. The van der Waals surface area contributed by atoms with Crippen LogP contribution >= 0.6 is 23.1 Å². The third-order valence-corrected chi connectivity index (χ3v) is 7.89. The number of thioether (sulfide) groups is 1. The number of benzene rings is 2. The van der Waals surface area contributed by atoms with E-state index in [-0.39, 0.29) is 22.4 Å². The molecule has 1 aromatic heterocycles. The highest BCUT2D eigenvalue weighted by Gasteiger charge is 2.21. The van der Waals surface area contributed by atoms with Gasteiger partial charge in [0.05, 0.1) is 11.3 Å². The highest BCUT2D eigenvalue weighted by atomic mass is 32.2. The number of anilines is 1. The summed E-state index contributed by atoms with van der Waals surface area (Å²) >= 11 is 2.92. The van der Waals surface area contributed by atoms with E-state index in [1.807, 2.05) is 47.0 Å². The van der Waals surface area contributed by atoms with E-state index in [2.05, 4.69) is 14.9 Å². The van der Waals surface area contributed by atoms with E-state index in [9.17, 15) is 13.2 Å². The Bertz CT molecular complexity index is 1110. The number of carbonyl (C=O) groups is 1. The van der Waals surface area contributed by atoms with Crippen molar-refractivity contribution in [1.29, 1.82) is 0 Å². The molecule has 0 unspecified atom stereocenters. The Hall–Kier alpha value is -2.43. The highest BCUT2D eigenvalue weighted by Crippen LogP contribution is 2.24. The zero-order chi connectivity index (χ0) is 21.0. The van der Waals surface area contributed by atoms with Gasteiger partial charge in [0, 0.05) is 24.6 Å². The van der Waals surface area contributed by atoms with Crippen molar-refractivity contribution in [3.63, 3.8) is 0 Å². The van der Waals surface area contributed by atoms with E-state index >= 15 is 0 Å². The van der Waals surface area contributed by atoms with Gasteiger partial charge in [0.25, 0.3) is 10.0 Å². The van der Waals surface area contributed by atoms with Crippen LogP contribution in [-0.4, -0.2) is 54.0 Å². The average molecular weight is 461 g/mol. The second kappa shape index (κ2) is 9.15. The molecule has 1 saturated heterocycles. The number of hydrogen-bond acceptors (Lipinski definition) is 7. The molecule has 0 aliphatic carbocycles. The zero-order valence-electron chi connectivity index (χ0n) is 16.0. The van der Waals surface area contributed by atoms with Gasteiger partial charge in [-0.2, -0.15) is 11.8 Å². The summed E-state index contributed by atoms with van der Waals surface area (Å²) in [6, 6.07) is 16.4. The van der Waals surface area contributed by atoms with Crippen LogP contribution in [0.15, 0.2) is 59.5 Å². The Labute approximate surface area is 183 Å². The molecule has 7 nitrogen and oxygen atoms in total. The summed E-state index contributed by atoms with van der Waals surface area (Å²) in [6.45, 7) is 1.47. The second-order valence-electron chi connectivity index (χ2n) is 6.67. The lowest BCUT2D eigenvalue weighted by Gasteiger charge is -2.25. The van der Waals surface area contributed by atoms with Crippen LogP contribution < -0.4 is 4.72 Å². The Morgan fingerprint density at radius 2 is 1.63 bits per heavy atom. The SMILES string of the molecule is O=C(Cc1nnc(NS(=O)(=O)c2ccc(-c3ccccc3)cc2)s1)N1CCSCC1. The lowest BCUT2D eigenvalue weighted by molar-refractivity contribution is -0.130. The van der Waals surface area contributed by atoms with Gasteiger partial charge in [-0.3, -0.25) is 9.52 Å². The smallest absolute Gasteiger partial charge is 0.263 e. The predicted octanol–water partition coefficient (Wildman–Crippen LogP) is 3.12. The Balaban J connectivity index is 1.41. The fourth-order valence-electron chi connectivity index (χ4n) is 3.05. The van der Waals surface area contributed by atoms with Crippen LogP contribution in [0, 0.1) is 0 Å². The number of hydrogen-bond donors (Lipinski definition) is 1. The van der Waals surface area contributed by atoms with Gasteiger partial charge < -0.3 is 4.90 Å². The molecule has 1 aliphatic rings. The van der Waals surface area contributed by atoms with Crippen LogP contribution in [0.25, 0.3) is 11.1 Å². The van der Waals surface area contributed by atoms with Crippen molar-refractivity contribution in [2.45, 2.75) is 11.3 Å². The largest absolute Gasteiger partial charge is 0.341 e. The molecule has 0 spiro atoms. The van der Waals surface area contributed by atoms with Crippen LogP contribution in [0.4, 0.5) is 5.13 Å². The molecule has 1 fully saturated rings.